The summed E-state index contributed by atoms with van der Waals surface area (Å²) < 4.78 is 12.5. The zero-order valence-corrected chi connectivity index (χ0v) is 16.3. The first-order valence-corrected chi connectivity index (χ1v) is 9.69. The van der Waals surface area contributed by atoms with E-state index in [2.05, 4.69) is 25.8 Å². The molecule has 0 amide bonds. The Bertz CT molecular complexity index is 798. The lowest BCUT2D eigenvalue weighted by Crippen LogP contribution is -2.37. The van der Waals surface area contributed by atoms with Gasteiger partial charge in [-0.05, 0) is 42.7 Å². The standard InChI is InChI=1S/C21H28N2O4/c1-14(2)16-9-8-15(3)10-19(16)27-21(25)12-26-20(24)11-23-13-22-17-6-4-5-7-18(17)23/h4-7,13-16,19H,8-12H2,1-3H3/t15-,16+,19+/m1/s1. The lowest BCUT2D eigenvalue weighted by molar-refractivity contribution is -0.167. The van der Waals surface area contributed by atoms with Gasteiger partial charge < -0.3 is 14.0 Å². The van der Waals surface area contributed by atoms with E-state index < -0.39 is 11.9 Å². The van der Waals surface area contributed by atoms with Crippen LogP contribution in [0.3, 0.4) is 0 Å². The maximum Gasteiger partial charge on any atom is 0.344 e. The summed E-state index contributed by atoms with van der Waals surface area (Å²) in [6.07, 6.45) is 4.64. The van der Waals surface area contributed by atoms with Crippen LogP contribution in [0.4, 0.5) is 0 Å². The fourth-order valence-corrected chi connectivity index (χ4v) is 3.91. The third-order valence-electron chi connectivity index (χ3n) is 5.42. The summed E-state index contributed by atoms with van der Waals surface area (Å²) in [7, 11) is 0. The molecule has 1 aromatic heterocycles. The molecular formula is C21H28N2O4. The topological polar surface area (TPSA) is 70.4 Å². The van der Waals surface area contributed by atoms with E-state index in [0.717, 1.165) is 23.9 Å². The van der Waals surface area contributed by atoms with Crippen molar-refractivity contribution in [3.63, 3.8) is 0 Å². The molecule has 3 rings (SSSR count). The molecular weight excluding hydrogens is 344 g/mol. The second-order valence-electron chi connectivity index (χ2n) is 7.88. The van der Waals surface area contributed by atoms with Crippen molar-refractivity contribution in [3.05, 3.63) is 30.6 Å². The quantitative estimate of drug-likeness (QED) is 0.725. The first-order chi connectivity index (χ1) is 12.9. The Labute approximate surface area is 159 Å². The molecule has 0 unspecified atom stereocenters. The second kappa shape index (κ2) is 8.55. The van der Waals surface area contributed by atoms with Crippen LogP contribution in [0.5, 0.6) is 0 Å². The Hall–Kier alpha value is -2.37. The summed E-state index contributed by atoms with van der Waals surface area (Å²) in [5.41, 5.74) is 1.67. The lowest BCUT2D eigenvalue weighted by Gasteiger charge is -2.36. The van der Waals surface area contributed by atoms with Gasteiger partial charge in [0.1, 0.15) is 12.6 Å². The maximum absolute atomic E-state index is 12.2. The molecule has 146 valence electrons. The minimum Gasteiger partial charge on any atom is -0.460 e. The summed E-state index contributed by atoms with van der Waals surface area (Å²) in [6.45, 7) is 6.19. The smallest absolute Gasteiger partial charge is 0.344 e. The predicted molar refractivity (Wildman–Crippen MR) is 102 cm³/mol. The molecule has 0 N–H and O–H groups in total. The average molecular weight is 372 g/mol. The van der Waals surface area contributed by atoms with Crippen molar-refractivity contribution in [1.82, 2.24) is 9.55 Å². The normalized spacial score (nSPS) is 22.7. The summed E-state index contributed by atoms with van der Waals surface area (Å²) in [6, 6.07) is 7.55. The number of esters is 2. The van der Waals surface area contributed by atoms with Gasteiger partial charge >= 0.3 is 11.9 Å². The first-order valence-electron chi connectivity index (χ1n) is 9.69. The van der Waals surface area contributed by atoms with Crippen LogP contribution >= 0.6 is 0 Å². The number of para-hydroxylation sites is 2. The fraction of sp³-hybridized carbons (Fsp3) is 0.571. The van der Waals surface area contributed by atoms with Crippen molar-refractivity contribution in [3.8, 4) is 0 Å². The summed E-state index contributed by atoms with van der Waals surface area (Å²) >= 11 is 0. The number of rotatable bonds is 6. The van der Waals surface area contributed by atoms with E-state index in [-0.39, 0.29) is 19.3 Å². The van der Waals surface area contributed by atoms with E-state index in [9.17, 15) is 9.59 Å². The average Bonchev–Trinajstić information content (AvgIpc) is 3.03. The maximum atomic E-state index is 12.2. The SMILES string of the molecule is CC(C)[C@@H]1CC[C@@H](C)C[C@@H]1OC(=O)COC(=O)Cn1cnc2ccccc21. The van der Waals surface area contributed by atoms with Gasteiger partial charge in [0.2, 0.25) is 0 Å². The van der Waals surface area contributed by atoms with Crippen LogP contribution in [0.25, 0.3) is 11.0 Å². The minimum absolute atomic E-state index is 0.0167. The Morgan fingerprint density at radius 3 is 2.78 bits per heavy atom. The predicted octanol–water partition coefficient (Wildman–Crippen LogP) is 3.58. The number of nitrogens with zero attached hydrogens (tertiary/aromatic N) is 2. The van der Waals surface area contributed by atoms with Gasteiger partial charge in [-0.15, -0.1) is 0 Å². The van der Waals surface area contributed by atoms with Gasteiger partial charge in [0, 0.05) is 0 Å². The molecule has 3 atom stereocenters. The number of hydrogen-bond donors (Lipinski definition) is 0. The van der Waals surface area contributed by atoms with Crippen LogP contribution < -0.4 is 0 Å². The van der Waals surface area contributed by atoms with Crippen LogP contribution in [-0.2, 0) is 25.6 Å². The number of carbonyl (C=O) groups excluding carboxylic acids is 2. The highest BCUT2D eigenvalue weighted by molar-refractivity contribution is 5.79. The molecule has 0 saturated heterocycles. The van der Waals surface area contributed by atoms with Gasteiger partial charge in [0.25, 0.3) is 0 Å². The molecule has 1 aliphatic carbocycles. The van der Waals surface area contributed by atoms with Crippen molar-refractivity contribution >= 4 is 23.0 Å². The number of imidazole rings is 1. The highest BCUT2D eigenvalue weighted by Gasteiger charge is 2.33. The highest BCUT2D eigenvalue weighted by atomic mass is 16.6. The van der Waals surface area contributed by atoms with Crippen molar-refractivity contribution in [1.29, 1.82) is 0 Å². The van der Waals surface area contributed by atoms with Crippen molar-refractivity contribution in [2.75, 3.05) is 6.61 Å². The van der Waals surface area contributed by atoms with Crippen molar-refractivity contribution in [2.45, 2.75) is 52.7 Å². The lowest BCUT2D eigenvalue weighted by atomic mass is 9.75. The minimum atomic E-state index is -0.479. The Morgan fingerprint density at radius 1 is 1.22 bits per heavy atom. The monoisotopic (exact) mass is 372 g/mol. The first kappa shape index (κ1) is 19.4. The zero-order chi connectivity index (χ0) is 19.4. The Balaban J connectivity index is 1.50. The molecule has 0 aliphatic heterocycles. The van der Waals surface area contributed by atoms with Gasteiger partial charge in [-0.1, -0.05) is 39.3 Å². The van der Waals surface area contributed by atoms with Crippen LogP contribution in [0.2, 0.25) is 0 Å². The van der Waals surface area contributed by atoms with Crippen LogP contribution in [0, 0.1) is 17.8 Å². The number of aromatic nitrogens is 2. The molecule has 2 aromatic rings. The molecule has 1 aliphatic rings. The van der Waals surface area contributed by atoms with E-state index in [1.54, 1.807) is 10.9 Å². The fourth-order valence-electron chi connectivity index (χ4n) is 3.91. The number of benzene rings is 1. The number of hydrogen-bond acceptors (Lipinski definition) is 5. The molecule has 27 heavy (non-hydrogen) atoms. The van der Waals surface area contributed by atoms with E-state index in [0.29, 0.717) is 17.8 Å². The molecule has 1 aromatic carbocycles. The Morgan fingerprint density at radius 2 is 2.00 bits per heavy atom. The van der Waals surface area contributed by atoms with Gasteiger partial charge in [-0.3, -0.25) is 4.79 Å². The Kier molecular flexibility index (Phi) is 6.14. The molecule has 6 heteroatoms. The summed E-state index contributed by atoms with van der Waals surface area (Å²) in [5.74, 6) is 0.441. The summed E-state index contributed by atoms with van der Waals surface area (Å²) in [4.78, 5) is 28.5. The largest absolute Gasteiger partial charge is 0.460 e. The number of ether oxygens (including phenoxy) is 2. The summed E-state index contributed by atoms with van der Waals surface area (Å²) in [5, 5.41) is 0. The van der Waals surface area contributed by atoms with Crippen LogP contribution in [0.15, 0.2) is 30.6 Å². The number of fused-ring (bicyclic) bond motifs is 1. The zero-order valence-electron chi connectivity index (χ0n) is 16.3. The van der Waals surface area contributed by atoms with E-state index in [4.69, 9.17) is 9.47 Å². The highest BCUT2D eigenvalue weighted by Crippen LogP contribution is 2.35. The molecule has 0 spiro atoms. The van der Waals surface area contributed by atoms with Gasteiger partial charge in [-0.25, -0.2) is 9.78 Å². The second-order valence-corrected chi connectivity index (χ2v) is 7.88. The third kappa shape index (κ3) is 4.87. The van der Waals surface area contributed by atoms with E-state index in [1.165, 1.54) is 6.42 Å². The van der Waals surface area contributed by atoms with Crippen molar-refractivity contribution in [2.24, 2.45) is 17.8 Å². The number of carbonyl (C=O) groups is 2. The molecule has 0 bridgehead atoms. The van der Waals surface area contributed by atoms with Gasteiger partial charge in [-0.2, -0.15) is 0 Å². The molecule has 0 radical (unpaired) electrons. The molecule has 1 saturated carbocycles. The molecule has 6 nitrogen and oxygen atoms in total. The van der Waals surface area contributed by atoms with Crippen LogP contribution in [-0.4, -0.2) is 34.2 Å². The van der Waals surface area contributed by atoms with Gasteiger partial charge in [0.15, 0.2) is 6.61 Å². The van der Waals surface area contributed by atoms with Gasteiger partial charge in [0.05, 0.1) is 17.4 Å². The van der Waals surface area contributed by atoms with E-state index >= 15 is 0 Å². The molecule has 1 heterocycles. The van der Waals surface area contributed by atoms with Crippen LogP contribution in [0.1, 0.15) is 40.0 Å². The molecule has 1 fully saturated rings. The van der Waals surface area contributed by atoms with Crippen molar-refractivity contribution < 1.29 is 19.1 Å². The van der Waals surface area contributed by atoms with E-state index in [1.807, 2.05) is 24.3 Å². The third-order valence-corrected chi connectivity index (χ3v) is 5.42.